The van der Waals surface area contributed by atoms with Gasteiger partial charge in [0.15, 0.2) is 5.96 Å². The average molecular weight is 413 g/mol. The third-order valence-electron chi connectivity index (χ3n) is 4.67. The highest BCUT2D eigenvalue weighted by Crippen LogP contribution is 2.47. The fourth-order valence-corrected chi connectivity index (χ4v) is 3.35. The van der Waals surface area contributed by atoms with Crippen LogP contribution in [0.5, 0.6) is 0 Å². The minimum absolute atomic E-state index is 0. The molecule has 0 aromatic heterocycles. The second-order valence-electron chi connectivity index (χ2n) is 6.36. The monoisotopic (exact) mass is 413 g/mol. The van der Waals surface area contributed by atoms with Crippen LogP contribution in [0, 0.1) is 5.92 Å². The van der Waals surface area contributed by atoms with Gasteiger partial charge in [-0.05, 0) is 43.6 Å². The molecule has 0 saturated heterocycles. The molecule has 1 aromatic carbocycles. The molecule has 2 atom stereocenters. The Morgan fingerprint density at radius 2 is 1.91 bits per heavy atom. The van der Waals surface area contributed by atoms with E-state index in [1.807, 2.05) is 0 Å². The molecule has 1 aromatic rings. The van der Waals surface area contributed by atoms with Crippen molar-refractivity contribution in [1.82, 2.24) is 10.6 Å². The summed E-state index contributed by atoms with van der Waals surface area (Å²) in [6, 6.07) is 11.5. The predicted octanol–water partition coefficient (Wildman–Crippen LogP) is 3.91. The minimum Gasteiger partial charge on any atom is -0.357 e. The Labute approximate surface area is 151 Å². The highest BCUT2D eigenvalue weighted by atomic mass is 127. The molecule has 0 bridgehead atoms. The SMILES string of the molecule is CCNC(=NCC1CC1c1ccccc1)NC1CCCC1.I. The van der Waals surface area contributed by atoms with Gasteiger partial charge in [-0.1, -0.05) is 43.2 Å². The lowest BCUT2D eigenvalue weighted by Crippen LogP contribution is -2.42. The van der Waals surface area contributed by atoms with E-state index < -0.39 is 0 Å². The van der Waals surface area contributed by atoms with Crippen molar-refractivity contribution in [2.24, 2.45) is 10.9 Å². The minimum atomic E-state index is 0. The summed E-state index contributed by atoms with van der Waals surface area (Å²) in [6.07, 6.45) is 6.59. The Hall–Kier alpha value is -0.780. The van der Waals surface area contributed by atoms with Gasteiger partial charge in [0.2, 0.25) is 0 Å². The van der Waals surface area contributed by atoms with Gasteiger partial charge in [-0.15, -0.1) is 24.0 Å². The first-order valence-corrected chi connectivity index (χ1v) is 8.46. The van der Waals surface area contributed by atoms with Crippen LogP contribution in [0.15, 0.2) is 35.3 Å². The van der Waals surface area contributed by atoms with Crippen LogP contribution >= 0.6 is 24.0 Å². The van der Waals surface area contributed by atoms with Crippen LogP contribution in [0.4, 0.5) is 0 Å². The van der Waals surface area contributed by atoms with E-state index in [0.29, 0.717) is 6.04 Å². The normalized spacial score (nSPS) is 24.7. The lowest BCUT2D eigenvalue weighted by atomic mass is 10.1. The largest absolute Gasteiger partial charge is 0.357 e. The number of hydrogen-bond donors (Lipinski definition) is 2. The van der Waals surface area contributed by atoms with E-state index in [1.54, 1.807) is 0 Å². The van der Waals surface area contributed by atoms with Gasteiger partial charge in [-0.2, -0.15) is 0 Å². The summed E-state index contributed by atoms with van der Waals surface area (Å²) in [5.74, 6) is 2.47. The van der Waals surface area contributed by atoms with Gasteiger partial charge in [-0.3, -0.25) is 4.99 Å². The van der Waals surface area contributed by atoms with E-state index in [4.69, 9.17) is 4.99 Å². The van der Waals surface area contributed by atoms with Crippen molar-refractivity contribution in [1.29, 1.82) is 0 Å². The summed E-state index contributed by atoms with van der Waals surface area (Å²) in [4.78, 5) is 4.81. The van der Waals surface area contributed by atoms with Crippen molar-refractivity contribution in [2.45, 2.75) is 51.0 Å². The van der Waals surface area contributed by atoms with Crippen molar-refractivity contribution in [3.8, 4) is 0 Å². The van der Waals surface area contributed by atoms with Gasteiger partial charge in [-0.25, -0.2) is 0 Å². The average Bonchev–Trinajstić information content (AvgIpc) is 3.12. The van der Waals surface area contributed by atoms with E-state index in [1.165, 1.54) is 37.7 Å². The first kappa shape index (κ1) is 17.6. The van der Waals surface area contributed by atoms with Crippen molar-refractivity contribution >= 4 is 29.9 Å². The number of aliphatic imine (C=N–C) groups is 1. The van der Waals surface area contributed by atoms with Crippen molar-refractivity contribution in [2.75, 3.05) is 13.1 Å². The third-order valence-corrected chi connectivity index (χ3v) is 4.67. The molecule has 0 amide bonds. The second-order valence-corrected chi connectivity index (χ2v) is 6.36. The van der Waals surface area contributed by atoms with E-state index in [9.17, 15) is 0 Å². The molecule has 0 spiro atoms. The molecule has 2 saturated carbocycles. The van der Waals surface area contributed by atoms with Crippen molar-refractivity contribution in [3.05, 3.63) is 35.9 Å². The maximum absolute atomic E-state index is 4.81. The maximum atomic E-state index is 4.81. The molecule has 2 N–H and O–H groups in total. The van der Waals surface area contributed by atoms with Gasteiger partial charge in [0.25, 0.3) is 0 Å². The van der Waals surface area contributed by atoms with Gasteiger partial charge < -0.3 is 10.6 Å². The van der Waals surface area contributed by atoms with E-state index in [2.05, 4.69) is 47.9 Å². The maximum Gasteiger partial charge on any atom is 0.191 e. The molecule has 0 aliphatic heterocycles. The molecular formula is C18H28IN3. The number of benzene rings is 1. The van der Waals surface area contributed by atoms with E-state index >= 15 is 0 Å². The molecule has 0 heterocycles. The Balaban J connectivity index is 0.00000176. The van der Waals surface area contributed by atoms with Gasteiger partial charge in [0, 0.05) is 19.1 Å². The summed E-state index contributed by atoms with van der Waals surface area (Å²) in [7, 11) is 0. The fourth-order valence-electron chi connectivity index (χ4n) is 3.35. The molecular weight excluding hydrogens is 385 g/mol. The number of rotatable bonds is 5. The molecule has 2 aliphatic carbocycles. The van der Waals surface area contributed by atoms with E-state index in [-0.39, 0.29) is 24.0 Å². The van der Waals surface area contributed by atoms with Crippen molar-refractivity contribution < 1.29 is 0 Å². The summed E-state index contributed by atoms with van der Waals surface area (Å²) >= 11 is 0. The summed E-state index contributed by atoms with van der Waals surface area (Å²) in [6.45, 7) is 4.02. The van der Waals surface area contributed by atoms with Gasteiger partial charge in [0.1, 0.15) is 0 Å². The molecule has 2 aliphatic rings. The molecule has 3 rings (SSSR count). The fraction of sp³-hybridized carbons (Fsp3) is 0.611. The van der Waals surface area contributed by atoms with Crippen LogP contribution in [0.25, 0.3) is 0 Å². The zero-order valence-corrected chi connectivity index (χ0v) is 15.8. The zero-order chi connectivity index (χ0) is 14.5. The summed E-state index contributed by atoms with van der Waals surface area (Å²) in [5, 5.41) is 6.98. The predicted molar refractivity (Wildman–Crippen MR) is 104 cm³/mol. The number of guanidine groups is 1. The summed E-state index contributed by atoms with van der Waals surface area (Å²) < 4.78 is 0. The Morgan fingerprint density at radius 1 is 1.18 bits per heavy atom. The first-order chi connectivity index (χ1) is 10.4. The molecule has 22 heavy (non-hydrogen) atoms. The van der Waals surface area contributed by atoms with Crippen LogP contribution in [0.1, 0.15) is 50.5 Å². The van der Waals surface area contributed by atoms with Gasteiger partial charge in [0.05, 0.1) is 0 Å². The molecule has 122 valence electrons. The molecule has 4 heteroatoms. The molecule has 2 unspecified atom stereocenters. The summed E-state index contributed by atoms with van der Waals surface area (Å²) in [5.41, 5.74) is 1.48. The number of nitrogens with one attached hydrogen (secondary N) is 2. The van der Waals surface area contributed by atoms with Crippen LogP contribution in [0.3, 0.4) is 0 Å². The molecule has 0 radical (unpaired) electrons. The highest BCUT2D eigenvalue weighted by Gasteiger charge is 2.37. The molecule has 3 nitrogen and oxygen atoms in total. The van der Waals surface area contributed by atoms with Gasteiger partial charge >= 0.3 is 0 Å². The Kier molecular flexibility index (Phi) is 6.99. The van der Waals surface area contributed by atoms with Crippen LogP contribution in [-0.2, 0) is 0 Å². The van der Waals surface area contributed by atoms with Crippen LogP contribution in [0.2, 0.25) is 0 Å². The first-order valence-electron chi connectivity index (χ1n) is 8.46. The van der Waals surface area contributed by atoms with Crippen LogP contribution in [-0.4, -0.2) is 25.1 Å². The lowest BCUT2D eigenvalue weighted by Gasteiger charge is -2.16. The smallest absolute Gasteiger partial charge is 0.191 e. The zero-order valence-electron chi connectivity index (χ0n) is 13.4. The number of halogens is 1. The standard InChI is InChI=1S/C18H27N3.HI/c1-2-19-18(21-16-10-6-7-11-16)20-13-15-12-17(15)14-8-4-3-5-9-14;/h3-5,8-9,15-17H,2,6-7,10-13H2,1H3,(H2,19,20,21);1H. The lowest BCUT2D eigenvalue weighted by molar-refractivity contribution is 0.612. The number of nitrogens with zero attached hydrogens (tertiary/aromatic N) is 1. The topological polar surface area (TPSA) is 36.4 Å². The number of hydrogen-bond acceptors (Lipinski definition) is 1. The van der Waals surface area contributed by atoms with Crippen LogP contribution < -0.4 is 10.6 Å². The third kappa shape index (κ3) is 4.86. The quantitative estimate of drug-likeness (QED) is 0.436. The van der Waals surface area contributed by atoms with Crippen molar-refractivity contribution in [3.63, 3.8) is 0 Å². The van der Waals surface area contributed by atoms with E-state index in [0.717, 1.165) is 30.9 Å². The Bertz CT molecular complexity index is 468. The molecule has 2 fully saturated rings. The highest BCUT2D eigenvalue weighted by molar-refractivity contribution is 14.0. The Morgan fingerprint density at radius 3 is 2.59 bits per heavy atom. The second kappa shape index (κ2) is 8.75.